The predicted octanol–water partition coefficient (Wildman–Crippen LogP) is 3.92. The summed E-state index contributed by atoms with van der Waals surface area (Å²) in [4.78, 5) is 36.0. The first-order valence-corrected chi connectivity index (χ1v) is 10.7. The van der Waals surface area contributed by atoms with Gasteiger partial charge in [0.2, 0.25) is 0 Å². The van der Waals surface area contributed by atoms with Gasteiger partial charge in [-0.25, -0.2) is 4.79 Å². The Hall–Kier alpha value is -4.14. The van der Waals surface area contributed by atoms with Gasteiger partial charge in [0.05, 0.1) is 17.7 Å². The van der Waals surface area contributed by atoms with Gasteiger partial charge in [0.15, 0.2) is 6.61 Å². The number of rotatable bonds is 8. The van der Waals surface area contributed by atoms with Crippen molar-refractivity contribution in [3.8, 4) is 5.75 Å². The molecule has 9 heteroatoms. The van der Waals surface area contributed by atoms with Crippen molar-refractivity contribution < 1.29 is 28.4 Å². The smallest absolute Gasteiger partial charge is 0.325 e. The number of anilines is 1. The maximum Gasteiger partial charge on any atom is 0.325 e. The summed E-state index contributed by atoms with van der Waals surface area (Å²) in [5.74, 6) is 0.0305. The molecule has 3 amide bonds. The molecule has 3 rings (SSSR count). The van der Waals surface area contributed by atoms with Crippen LogP contribution in [0.1, 0.15) is 33.7 Å². The lowest BCUT2D eigenvalue weighted by Crippen LogP contribution is -2.37. The number of benzene rings is 2. The molecule has 0 aliphatic carbocycles. The Kier molecular flexibility index (Phi) is 8.02. The fourth-order valence-electron chi connectivity index (χ4n) is 3.20. The molecule has 0 saturated heterocycles. The van der Waals surface area contributed by atoms with Gasteiger partial charge in [-0.05, 0) is 57.0 Å². The Bertz CT molecular complexity index is 1160. The minimum atomic E-state index is -0.723. The van der Waals surface area contributed by atoms with Gasteiger partial charge < -0.3 is 19.3 Å². The molecule has 0 spiro atoms. The zero-order valence-electron chi connectivity index (χ0n) is 19.6. The number of amides is 3. The summed E-state index contributed by atoms with van der Waals surface area (Å²) in [5, 5.41) is 8.62. The number of carbonyl (C=O) groups excluding carboxylic acids is 3. The number of hydrogen-bond donors (Lipinski definition) is 2. The van der Waals surface area contributed by atoms with E-state index in [-0.39, 0.29) is 6.42 Å². The van der Waals surface area contributed by atoms with Crippen LogP contribution in [0.5, 0.6) is 5.75 Å². The average molecular weight is 466 g/mol. The quantitative estimate of drug-likeness (QED) is 0.484. The zero-order chi connectivity index (χ0) is 24.7. The molecule has 2 aromatic carbocycles. The topological polar surface area (TPSA) is 120 Å². The second-order valence-corrected chi connectivity index (χ2v) is 7.89. The first-order chi connectivity index (χ1) is 16.2. The first kappa shape index (κ1) is 24.5. The summed E-state index contributed by atoms with van der Waals surface area (Å²) in [7, 11) is 0. The fraction of sp³-hybridized carbons (Fsp3) is 0.280. The third-order valence-electron chi connectivity index (χ3n) is 5.08. The molecule has 178 valence electrons. The SMILES string of the molecule is Cc1ccc(NC(=O)NC(=O)COC(=O)Cc2ccc(OCc3c(C)noc3C)cc2)c(C)c1. The molecule has 0 bridgehead atoms. The lowest BCUT2D eigenvalue weighted by molar-refractivity contribution is -0.147. The summed E-state index contributed by atoms with van der Waals surface area (Å²) in [5.41, 5.74) is 4.90. The number of aromatic nitrogens is 1. The van der Waals surface area contributed by atoms with E-state index in [9.17, 15) is 14.4 Å². The van der Waals surface area contributed by atoms with E-state index in [1.165, 1.54) is 0 Å². The molecule has 3 aromatic rings. The van der Waals surface area contributed by atoms with Crippen molar-refractivity contribution in [2.24, 2.45) is 0 Å². The third-order valence-corrected chi connectivity index (χ3v) is 5.08. The van der Waals surface area contributed by atoms with Crippen molar-refractivity contribution in [3.05, 3.63) is 76.2 Å². The maximum atomic E-state index is 12.1. The fourth-order valence-corrected chi connectivity index (χ4v) is 3.20. The van der Waals surface area contributed by atoms with Gasteiger partial charge in [-0.2, -0.15) is 0 Å². The molecular formula is C25H27N3O6. The summed E-state index contributed by atoms with van der Waals surface area (Å²) < 4.78 is 15.8. The van der Waals surface area contributed by atoms with Crippen molar-refractivity contribution in [3.63, 3.8) is 0 Å². The van der Waals surface area contributed by atoms with Gasteiger partial charge in [-0.3, -0.25) is 14.9 Å². The van der Waals surface area contributed by atoms with Crippen molar-refractivity contribution in [2.45, 2.75) is 40.7 Å². The number of imide groups is 1. The molecule has 0 aliphatic rings. The van der Waals surface area contributed by atoms with E-state index in [1.807, 2.05) is 39.8 Å². The van der Waals surface area contributed by atoms with Crippen LogP contribution in [0.3, 0.4) is 0 Å². The van der Waals surface area contributed by atoms with Crippen LogP contribution in [0.15, 0.2) is 47.0 Å². The van der Waals surface area contributed by atoms with Crippen LogP contribution in [0, 0.1) is 27.7 Å². The molecule has 0 fully saturated rings. The summed E-state index contributed by atoms with van der Waals surface area (Å²) in [6.45, 7) is 7.24. The van der Waals surface area contributed by atoms with Crippen LogP contribution in [0.4, 0.5) is 10.5 Å². The van der Waals surface area contributed by atoms with E-state index in [0.717, 1.165) is 22.4 Å². The third kappa shape index (κ3) is 6.93. The summed E-state index contributed by atoms with van der Waals surface area (Å²) in [6.07, 6.45) is -0.0216. The minimum absolute atomic E-state index is 0.0216. The first-order valence-electron chi connectivity index (χ1n) is 10.7. The highest BCUT2D eigenvalue weighted by molar-refractivity contribution is 6.02. The molecule has 9 nitrogen and oxygen atoms in total. The number of esters is 1. The number of urea groups is 1. The van der Waals surface area contributed by atoms with Crippen molar-refractivity contribution >= 4 is 23.6 Å². The Morgan fingerprint density at radius 2 is 1.74 bits per heavy atom. The van der Waals surface area contributed by atoms with Crippen molar-refractivity contribution in [2.75, 3.05) is 11.9 Å². The predicted molar refractivity (Wildman–Crippen MR) is 124 cm³/mol. The number of nitrogens with zero attached hydrogens (tertiary/aromatic N) is 1. The van der Waals surface area contributed by atoms with Crippen LogP contribution in [-0.2, 0) is 27.4 Å². The minimum Gasteiger partial charge on any atom is -0.489 e. The van der Waals surface area contributed by atoms with Crippen molar-refractivity contribution in [1.29, 1.82) is 0 Å². The molecule has 0 unspecified atom stereocenters. The Morgan fingerprint density at radius 1 is 1.00 bits per heavy atom. The Balaban J connectivity index is 1.40. The molecule has 0 radical (unpaired) electrons. The van der Waals surface area contributed by atoms with Gasteiger partial charge >= 0.3 is 12.0 Å². The second kappa shape index (κ2) is 11.1. The van der Waals surface area contributed by atoms with E-state index in [2.05, 4.69) is 15.8 Å². The second-order valence-electron chi connectivity index (χ2n) is 7.89. The van der Waals surface area contributed by atoms with E-state index in [1.54, 1.807) is 30.3 Å². The van der Waals surface area contributed by atoms with Gasteiger partial charge in [0.1, 0.15) is 18.1 Å². The van der Waals surface area contributed by atoms with Crippen molar-refractivity contribution in [1.82, 2.24) is 10.5 Å². The normalized spacial score (nSPS) is 10.5. The van der Waals surface area contributed by atoms with Gasteiger partial charge in [0, 0.05) is 5.69 Å². The standard InChI is InChI=1S/C25H27N3O6/c1-15-5-10-22(16(2)11-15)26-25(31)27-23(29)14-33-24(30)12-19-6-8-20(9-7-19)32-13-21-17(3)28-34-18(21)4/h5-11H,12-14H2,1-4H3,(H2,26,27,29,31). The molecule has 34 heavy (non-hydrogen) atoms. The van der Waals surface area contributed by atoms with E-state index in [4.69, 9.17) is 14.0 Å². The molecule has 0 aliphatic heterocycles. The lowest BCUT2D eigenvalue weighted by Gasteiger charge is -2.10. The maximum absolute atomic E-state index is 12.1. The van der Waals surface area contributed by atoms with E-state index >= 15 is 0 Å². The average Bonchev–Trinajstić information content (AvgIpc) is 3.11. The van der Waals surface area contributed by atoms with Gasteiger partial charge in [-0.15, -0.1) is 0 Å². The highest BCUT2D eigenvalue weighted by Gasteiger charge is 2.13. The number of nitrogens with one attached hydrogen (secondary N) is 2. The number of aryl methyl sites for hydroxylation is 4. The largest absolute Gasteiger partial charge is 0.489 e. The summed E-state index contributed by atoms with van der Waals surface area (Å²) in [6, 6.07) is 11.8. The number of carbonyl (C=O) groups is 3. The van der Waals surface area contributed by atoms with Crippen LogP contribution in [-0.4, -0.2) is 29.7 Å². The van der Waals surface area contributed by atoms with E-state index in [0.29, 0.717) is 29.4 Å². The molecule has 2 N–H and O–H groups in total. The van der Waals surface area contributed by atoms with Gasteiger partial charge in [-0.1, -0.05) is 35.0 Å². The van der Waals surface area contributed by atoms with Crippen LogP contribution in [0.25, 0.3) is 0 Å². The molecule has 0 saturated carbocycles. The number of ether oxygens (including phenoxy) is 2. The lowest BCUT2D eigenvalue weighted by atomic mass is 10.1. The molecular weight excluding hydrogens is 438 g/mol. The monoisotopic (exact) mass is 465 g/mol. The highest BCUT2D eigenvalue weighted by Crippen LogP contribution is 2.18. The Morgan fingerprint density at radius 3 is 2.38 bits per heavy atom. The molecule has 1 aromatic heterocycles. The van der Waals surface area contributed by atoms with Crippen LogP contribution >= 0.6 is 0 Å². The van der Waals surface area contributed by atoms with Crippen LogP contribution in [0.2, 0.25) is 0 Å². The summed E-state index contributed by atoms with van der Waals surface area (Å²) >= 11 is 0. The zero-order valence-corrected chi connectivity index (χ0v) is 19.6. The highest BCUT2D eigenvalue weighted by atomic mass is 16.5. The number of hydrogen-bond acceptors (Lipinski definition) is 7. The van der Waals surface area contributed by atoms with E-state index < -0.39 is 24.5 Å². The molecule has 0 atom stereocenters. The van der Waals surface area contributed by atoms with Crippen LogP contribution < -0.4 is 15.4 Å². The molecule has 1 heterocycles. The van der Waals surface area contributed by atoms with Gasteiger partial charge in [0.25, 0.3) is 5.91 Å². The Labute approximate surface area is 197 Å².